The second-order valence-electron chi connectivity index (χ2n) is 5.16. The number of aliphatic hydroxyl groups excluding tert-OH is 1. The van der Waals surface area contributed by atoms with Crippen molar-refractivity contribution in [1.82, 2.24) is 4.72 Å². The average molecular weight is 249 g/mol. The summed E-state index contributed by atoms with van der Waals surface area (Å²) in [6.07, 6.45) is 3.05. The summed E-state index contributed by atoms with van der Waals surface area (Å²) in [4.78, 5) is 0. The molecule has 1 rings (SSSR count). The highest BCUT2D eigenvalue weighted by Gasteiger charge is 2.30. The van der Waals surface area contributed by atoms with Crippen LogP contribution in [0.2, 0.25) is 0 Å². The van der Waals surface area contributed by atoms with Gasteiger partial charge in [0.1, 0.15) is 0 Å². The molecule has 16 heavy (non-hydrogen) atoms. The van der Waals surface area contributed by atoms with Crippen LogP contribution >= 0.6 is 0 Å². The van der Waals surface area contributed by atoms with E-state index in [1.54, 1.807) is 0 Å². The third-order valence-corrected chi connectivity index (χ3v) is 5.37. The molecule has 2 N–H and O–H groups in total. The molecule has 0 radical (unpaired) electrons. The fourth-order valence-electron chi connectivity index (χ4n) is 2.27. The predicted octanol–water partition coefficient (Wildman–Crippen LogP) is 1.11. The number of rotatable bonds is 4. The molecule has 4 atom stereocenters. The maximum absolute atomic E-state index is 11.8. The highest BCUT2D eigenvalue weighted by atomic mass is 32.2. The lowest BCUT2D eigenvalue weighted by molar-refractivity contribution is 0.247. The standard InChI is InChI=1S/C11H23NO3S/c1-8-4-5-11(9(2)6-8)12-16(14,15)10(3)7-13/h8-13H,4-7H2,1-3H3. The predicted molar refractivity (Wildman–Crippen MR) is 64.6 cm³/mol. The highest BCUT2D eigenvalue weighted by Crippen LogP contribution is 2.29. The van der Waals surface area contributed by atoms with Crippen LogP contribution in [0.3, 0.4) is 0 Å². The van der Waals surface area contributed by atoms with Crippen LogP contribution in [0.1, 0.15) is 40.0 Å². The summed E-state index contributed by atoms with van der Waals surface area (Å²) in [6.45, 7) is 5.50. The fraction of sp³-hybridized carbons (Fsp3) is 1.00. The topological polar surface area (TPSA) is 66.4 Å². The molecule has 0 aromatic heterocycles. The van der Waals surface area contributed by atoms with Crippen molar-refractivity contribution in [3.63, 3.8) is 0 Å². The minimum absolute atomic E-state index is 0.0372. The van der Waals surface area contributed by atoms with E-state index in [1.807, 2.05) is 0 Å². The van der Waals surface area contributed by atoms with Crippen LogP contribution in [0.25, 0.3) is 0 Å². The van der Waals surface area contributed by atoms with Gasteiger partial charge >= 0.3 is 0 Å². The van der Waals surface area contributed by atoms with E-state index in [1.165, 1.54) is 6.92 Å². The van der Waals surface area contributed by atoms with Crippen molar-refractivity contribution in [1.29, 1.82) is 0 Å². The lowest BCUT2D eigenvalue weighted by Gasteiger charge is -2.33. The van der Waals surface area contributed by atoms with E-state index in [0.717, 1.165) is 19.3 Å². The lowest BCUT2D eigenvalue weighted by atomic mass is 9.80. The van der Waals surface area contributed by atoms with Gasteiger partial charge < -0.3 is 5.11 Å². The molecule has 0 spiro atoms. The molecule has 0 saturated heterocycles. The van der Waals surface area contributed by atoms with E-state index in [4.69, 9.17) is 5.11 Å². The Morgan fingerprint density at radius 1 is 1.38 bits per heavy atom. The minimum Gasteiger partial charge on any atom is -0.395 e. The molecule has 1 aliphatic rings. The van der Waals surface area contributed by atoms with Gasteiger partial charge in [-0.2, -0.15) is 0 Å². The summed E-state index contributed by atoms with van der Waals surface area (Å²) >= 11 is 0. The van der Waals surface area contributed by atoms with Crippen molar-refractivity contribution in [3.05, 3.63) is 0 Å². The quantitative estimate of drug-likeness (QED) is 0.784. The first-order chi connectivity index (χ1) is 7.36. The first-order valence-corrected chi connectivity index (χ1v) is 7.53. The third kappa shape index (κ3) is 3.43. The minimum atomic E-state index is -3.36. The molecule has 0 heterocycles. The van der Waals surface area contributed by atoms with Gasteiger partial charge in [-0.05, 0) is 38.0 Å². The molecular formula is C11H23NO3S. The van der Waals surface area contributed by atoms with E-state index in [2.05, 4.69) is 18.6 Å². The monoisotopic (exact) mass is 249 g/mol. The zero-order valence-electron chi connectivity index (χ0n) is 10.3. The molecule has 5 heteroatoms. The number of aliphatic hydroxyl groups is 1. The molecule has 0 bridgehead atoms. The van der Waals surface area contributed by atoms with Gasteiger partial charge in [-0.25, -0.2) is 13.1 Å². The highest BCUT2D eigenvalue weighted by molar-refractivity contribution is 7.90. The third-order valence-electron chi connectivity index (χ3n) is 3.53. The van der Waals surface area contributed by atoms with Crippen LogP contribution in [-0.2, 0) is 10.0 Å². The summed E-state index contributed by atoms with van der Waals surface area (Å²) < 4.78 is 26.3. The molecule has 0 aliphatic heterocycles. The Balaban J connectivity index is 2.60. The molecule has 4 unspecified atom stereocenters. The zero-order valence-corrected chi connectivity index (χ0v) is 11.1. The van der Waals surface area contributed by atoms with E-state index >= 15 is 0 Å². The molecule has 1 saturated carbocycles. The van der Waals surface area contributed by atoms with Gasteiger partial charge in [0.25, 0.3) is 0 Å². The molecule has 1 fully saturated rings. The molecule has 0 aromatic rings. The van der Waals surface area contributed by atoms with Gasteiger partial charge in [0.15, 0.2) is 0 Å². The molecule has 0 amide bonds. The first-order valence-electron chi connectivity index (χ1n) is 5.98. The van der Waals surface area contributed by atoms with Gasteiger partial charge in [0.2, 0.25) is 10.0 Å². The van der Waals surface area contributed by atoms with Crippen LogP contribution in [0.4, 0.5) is 0 Å². The van der Waals surface area contributed by atoms with Crippen LogP contribution < -0.4 is 4.72 Å². The van der Waals surface area contributed by atoms with E-state index in [-0.39, 0.29) is 12.6 Å². The Kier molecular flexibility index (Phi) is 4.76. The summed E-state index contributed by atoms with van der Waals surface area (Å²) in [7, 11) is -3.36. The van der Waals surface area contributed by atoms with Gasteiger partial charge in [-0.3, -0.25) is 0 Å². The van der Waals surface area contributed by atoms with Crippen molar-refractivity contribution in [2.24, 2.45) is 11.8 Å². The fourth-order valence-corrected chi connectivity index (χ4v) is 3.47. The normalized spacial score (nSPS) is 33.6. The zero-order chi connectivity index (χ0) is 12.3. The van der Waals surface area contributed by atoms with E-state index < -0.39 is 15.3 Å². The van der Waals surface area contributed by atoms with Crippen LogP contribution in [-0.4, -0.2) is 31.4 Å². The van der Waals surface area contributed by atoms with Gasteiger partial charge in [0.05, 0.1) is 11.9 Å². The number of sulfonamides is 1. The summed E-state index contributed by atoms with van der Waals surface area (Å²) in [5, 5.41) is 8.17. The molecule has 96 valence electrons. The summed E-state index contributed by atoms with van der Waals surface area (Å²) in [5.41, 5.74) is 0. The molecular weight excluding hydrogens is 226 g/mol. The SMILES string of the molecule is CC1CCC(NS(=O)(=O)C(C)CO)C(C)C1. The van der Waals surface area contributed by atoms with Gasteiger partial charge in [-0.15, -0.1) is 0 Å². The summed E-state index contributed by atoms with van der Waals surface area (Å²) in [6, 6.07) is 0.0372. The van der Waals surface area contributed by atoms with Crippen molar-refractivity contribution < 1.29 is 13.5 Å². The number of nitrogens with one attached hydrogen (secondary N) is 1. The number of hydrogen-bond donors (Lipinski definition) is 2. The van der Waals surface area contributed by atoms with Crippen LogP contribution in [0.5, 0.6) is 0 Å². The number of hydrogen-bond acceptors (Lipinski definition) is 3. The largest absolute Gasteiger partial charge is 0.395 e. The molecule has 0 aromatic carbocycles. The maximum atomic E-state index is 11.8. The Bertz CT molecular complexity index is 315. The van der Waals surface area contributed by atoms with E-state index in [0.29, 0.717) is 11.8 Å². The second-order valence-corrected chi connectivity index (χ2v) is 7.29. The van der Waals surface area contributed by atoms with Crippen molar-refractivity contribution in [2.45, 2.75) is 51.3 Å². The Hall–Kier alpha value is -0.130. The van der Waals surface area contributed by atoms with Crippen LogP contribution in [0.15, 0.2) is 0 Å². The second kappa shape index (κ2) is 5.47. The Morgan fingerprint density at radius 3 is 2.50 bits per heavy atom. The van der Waals surface area contributed by atoms with Crippen molar-refractivity contribution in [2.75, 3.05) is 6.61 Å². The van der Waals surface area contributed by atoms with Crippen LogP contribution in [0, 0.1) is 11.8 Å². The lowest BCUT2D eigenvalue weighted by Crippen LogP contribution is -2.46. The molecule has 1 aliphatic carbocycles. The van der Waals surface area contributed by atoms with Crippen molar-refractivity contribution in [3.8, 4) is 0 Å². The average Bonchev–Trinajstić information content (AvgIpc) is 2.21. The Labute approximate surface area is 98.5 Å². The van der Waals surface area contributed by atoms with E-state index in [9.17, 15) is 8.42 Å². The van der Waals surface area contributed by atoms with Gasteiger partial charge in [-0.1, -0.05) is 13.8 Å². The van der Waals surface area contributed by atoms with Crippen molar-refractivity contribution >= 4 is 10.0 Å². The molecule has 4 nitrogen and oxygen atoms in total. The van der Waals surface area contributed by atoms with Gasteiger partial charge in [0, 0.05) is 6.04 Å². The smallest absolute Gasteiger partial charge is 0.216 e. The Morgan fingerprint density at radius 2 is 2.00 bits per heavy atom. The first kappa shape index (κ1) is 13.9. The maximum Gasteiger partial charge on any atom is 0.216 e. The summed E-state index contributed by atoms with van der Waals surface area (Å²) in [5.74, 6) is 1.07.